The predicted molar refractivity (Wildman–Crippen MR) is 59.4 cm³/mol. The first-order chi connectivity index (χ1) is 7.27. The number of carbonyl (C=O) groups excluding carboxylic acids is 1. The highest BCUT2D eigenvalue weighted by Crippen LogP contribution is 2.19. The fourth-order valence-corrected chi connectivity index (χ4v) is 2.10. The van der Waals surface area contributed by atoms with Crippen LogP contribution in [0.4, 0.5) is 0 Å². The van der Waals surface area contributed by atoms with Gasteiger partial charge in [0, 0.05) is 13.0 Å². The molecule has 0 unspecified atom stereocenters. The molecule has 1 aromatic carbocycles. The van der Waals surface area contributed by atoms with Crippen molar-refractivity contribution in [2.45, 2.75) is 25.8 Å². The zero-order valence-electron chi connectivity index (χ0n) is 8.75. The maximum atomic E-state index is 10.8. The van der Waals surface area contributed by atoms with E-state index in [1.54, 1.807) is 0 Å². The number of amides is 1. The van der Waals surface area contributed by atoms with Crippen LogP contribution >= 0.6 is 0 Å². The minimum absolute atomic E-state index is 0.221. The van der Waals surface area contributed by atoms with Crippen molar-refractivity contribution in [2.75, 3.05) is 6.54 Å². The number of nitrogens with one attached hydrogen (secondary N) is 1. The number of nitrogens with two attached hydrogens (primary N) is 1. The summed E-state index contributed by atoms with van der Waals surface area (Å²) in [5, 5.41) is 3.34. The average Bonchev–Trinajstić information content (AvgIpc) is 2.26. The number of hydrogen-bond donors (Lipinski definition) is 2. The maximum Gasteiger partial charge on any atom is 0.217 e. The molecule has 1 heterocycles. The molecule has 1 aliphatic heterocycles. The molecule has 0 saturated heterocycles. The van der Waals surface area contributed by atoms with E-state index in [9.17, 15) is 4.79 Å². The molecule has 15 heavy (non-hydrogen) atoms. The topological polar surface area (TPSA) is 55.1 Å². The van der Waals surface area contributed by atoms with Crippen LogP contribution in [0.3, 0.4) is 0 Å². The molecule has 3 N–H and O–H groups in total. The third kappa shape index (κ3) is 2.36. The molecule has 0 atom stereocenters. The van der Waals surface area contributed by atoms with E-state index in [1.807, 2.05) is 0 Å². The van der Waals surface area contributed by atoms with Gasteiger partial charge in [-0.15, -0.1) is 0 Å². The molecule has 0 bridgehead atoms. The second kappa shape index (κ2) is 4.45. The van der Waals surface area contributed by atoms with Crippen molar-refractivity contribution in [2.24, 2.45) is 5.73 Å². The number of fused-ring (bicyclic) bond motifs is 1. The average molecular weight is 204 g/mol. The second-order valence-corrected chi connectivity index (χ2v) is 3.95. The van der Waals surface area contributed by atoms with Gasteiger partial charge in [-0.3, -0.25) is 4.79 Å². The summed E-state index contributed by atoms with van der Waals surface area (Å²) >= 11 is 0. The number of carbonyl (C=O) groups is 1. The standard InChI is InChI=1S/C12H16N2O/c13-12(15)5-4-9-2-1-3-10-8-14-7-6-11(9)10/h1-3,14H,4-8H2,(H2,13,15). The smallest absolute Gasteiger partial charge is 0.217 e. The summed E-state index contributed by atoms with van der Waals surface area (Å²) in [6.45, 7) is 1.97. The number of primary amides is 1. The van der Waals surface area contributed by atoms with E-state index in [0.29, 0.717) is 6.42 Å². The van der Waals surface area contributed by atoms with Gasteiger partial charge in [-0.1, -0.05) is 18.2 Å². The summed E-state index contributed by atoms with van der Waals surface area (Å²) in [5.41, 5.74) is 9.23. The van der Waals surface area contributed by atoms with Gasteiger partial charge < -0.3 is 11.1 Å². The minimum atomic E-state index is -0.221. The third-order valence-corrected chi connectivity index (χ3v) is 2.88. The third-order valence-electron chi connectivity index (χ3n) is 2.88. The summed E-state index contributed by atoms with van der Waals surface area (Å²) < 4.78 is 0. The molecule has 0 aliphatic carbocycles. The van der Waals surface area contributed by atoms with Gasteiger partial charge in [-0.05, 0) is 36.1 Å². The van der Waals surface area contributed by atoms with E-state index >= 15 is 0 Å². The Hall–Kier alpha value is -1.35. The molecule has 2 rings (SSSR count). The summed E-state index contributed by atoms with van der Waals surface area (Å²) in [7, 11) is 0. The lowest BCUT2D eigenvalue weighted by molar-refractivity contribution is -0.117. The van der Waals surface area contributed by atoms with Gasteiger partial charge in [0.2, 0.25) is 5.91 Å². The molecule has 0 radical (unpaired) electrons. The predicted octanol–water partition coefficient (Wildman–Crippen LogP) is 0.750. The Morgan fingerprint density at radius 3 is 3.13 bits per heavy atom. The lowest BCUT2D eigenvalue weighted by atomic mass is 9.93. The van der Waals surface area contributed by atoms with Gasteiger partial charge in [0.1, 0.15) is 0 Å². The molecule has 1 aromatic rings. The number of hydrogen-bond acceptors (Lipinski definition) is 2. The second-order valence-electron chi connectivity index (χ2n) is 3.95. The van der Waals surface area contributed by atoms with Crippen molar-refractivity contribution in [3.8, 4) is 0 Å². The molecule has 1 amide bonds. The summed E-state index contributed by atoms with van der Waals surface area (Å²) in [6, 6.07) is 6.31. The molecule has 0 spiro atoms. The largest absolute Gasteiger partial charge is 0.370 e. The summed E-state index contributed by atoms with van der Waals surface area (Å²) in [6.07, 6.45) is 2.28. The van der Waals surface area contributed by atoms with E-state index in [4.69, 9.17) is 5.73 Å². The van der Waals surface area contributed by atoms with Crippen molar-refractivity contribution in [1.29, 1.82) is 0 Å². The molecule has 3 nitrogen and oxygen atoms in total. The molecular weight excluding hydrogens is 188 g/mol. The summed E-state index contributed by atoms with van der Waals surface area (Å²) in [4.78, 5) is 10.8. The monoisotopic (exact) mass is 204 g/mol. The number of benzene rings is 1. The molecule has 0 fully saturated rings. The first kappa shape index (κ1) is 10.2. The molecule has 80 valence electrons. The SMILES string of the molecule is NC(=O)CCc1cccc2c1CCNC2. The Bertz CT molecular complexity index is 374. The summed E-state index contributed by atoms with van der Waals surface area (Å²) in [5.74, 6) is -0.221. The first-order valence-electron chi connectivity index (χ1n) is 5.36. The molecular formula is C12H16N2O. The van der Waals surface area contributed by atoms with Crippen LogP contribution in [0.2, 0.25) is 0 Å². The van der Waals surface area contributed by atoms with Gasteiger partial charge >= 0.3 is 0 Å². The highest BCUT2D eigenvalue weighted by atomic mass is 16.1. The fraction of sp³-hybridized carbons (Fsp3) is 0.417. The Labute approximate surface area is 89.7 Å². The van der Waals surface area contributed by atoms with Crippen molar-refractivity contribution < 1.29 is 4.79 Å². The van der Waals surface area contributed by atoms with E-state index in [0.717, 1.165) is 25.9 Å². The Morgan fingerprint density at radius 1 is 1.47 bits per heavy atom. The zero-order chi connectivity index (χ0) is 10.7. The van der Waals surface area contributed by atoms with Crippen molar-refractivity contribution in [1.82, 2.24) is 5.32 Å². The lowest BCUT2D eigenvalue weighted by Gasteiger charge is -2.20. The molecule has 0 saturated carbocycles. The first-order valence-corrected chi connectivity index (χ1v) is 5.36. The van der Waals surface area contributed by atoms with Gasteiger partial charge in [-0.2, -0.15) is 0 Å². The van der Waals surface area contributed by atoms with Crippen molar-refractivity contribution in [3.63, 3.8) is 0 Å². The molecule has 0 aromatic heterocycles. The quantitative estimate of drug-likeness (QED) is 0.763. The van der Waals surface area contributed by atoms with Gasteiger partial charge in [0.05, 0.1) is 0 Å². The van der Waals surface area contributed by atoms with Crippen LogP contribution in [0.1, 0.15) is 23.1 Å². The zero-order valence-corrected chi connectivity index (χ0v) is 8.75. The molecule has 1 aliphatic rings. The van der Waals surface area contributed by atoms with Crippen molar-refractivity contribution in [3.05, 3.63) is 34.9 Å². The van der Waals surface area contributed by atoms with Crippen LogP contribution in [0.15, 0.2) is 18.2 Å². The Balaban J connectivity index is 2.19. The van der Waals surface area contributed by atoms with Crippen LogP contribution in [0, 0.1) is 0 Å². The van der Waals surface area contributed by atoms with Crippen LogP contribution in [0.25, 0.3) is 0 Å². The maximum absolute atomic E-state index is 10.8. The van der Waals surface area contributed by atoms with Crippen LogP contribution < -0.4 is 11.1 Å². The highest BCUT2D eigenvalue weighted by molar-refractivity contribution is 5.74. The van der Waals surface area contributed by atoms with Gasteiger partial charge in [0.25, 0.3) is 0 Å². The van der Waals surface area contributed by atoms with Gasteiger partial charge in [-0.25, -0.2) is 0 Å². The minimum Gasteiger partial charge on any atom is -0.370 e. The van der Waals surface area contributed by atoms with Crippen LogP contribution in [0.5, 0.6) is 0 Å². The normalized spacial score (nSPS) is 14.7. The van der Waals surface area contributed by atoms with E-state index in [1.165, 1.54) is 16.7 Å². The molecule has 3 heteroatoms. The van der Waals surface area contributed by atoms with E-state index in [-0.39, 0.29) is 5.91 Å². The van der Waals surface area contributed by atoms with Crippen molar-refractivity contribution >= 4 is 5.91 Å². The number of rotatable bonds is 3. The van der Waals surface area contributed by atoms with Crippen LogP contribution in [-0.4, -0.2) is 12.5 Å². The number of aryl methyl sites for hydroxylation is 1. The highest BCUT2D eigenvalue weighted by Gasteiger charge is 2.12. The Kier molecular flexibility index (Phi) is 3.02. The van der Waals surface area contributed by atoms with E-state index in [2.05, 4.69) is 23.5 Å². The Morgan fingerprint density at radius 2 is 2.33 bits per heavy atom. The van der Waals surface area contributed by atoms with E-state index < -0.39 is 0 Å². The lowest BCUT2D eigenvalue weighted by Crippen LogP contribution is -2.24. The van der Waals surface area contributed by atoms with Crippen LogP contribution in [-0.2, 0) is 24.2 Å². The fourth-order valence-electron chi connectivity index (χ4n) is 2.10. The van der Waals surface area contributed by atoms with Gasteiger partial charge in [0.15, 0.2) is 0 Å².